The summed E-state index contributed by atoms with van der Waals surface area (Å²) >= 11 is 0. The summed E-state index contributed by atoms with van der Waals surface area (Å²) in [6, 6.07) is 13.8. The third-order valence-electron chi connectivity index (χ3n) is 9.28. The van der Waals surface area contributed by atoms with Gasteiger partial charge in [-0.3, -0.25) is 4.99 Å². The van der Waals surface area contributed by atoms with Gasteiger partial charge < -0.3 is 0 Å². The van der Waals surface area contributed by atoms with Crippen molar-refractivity contribution >= 4 is 22.8 Å². The number of rotatable bonds is 27. The van der Waals surface area contributed by atoms with Crippen LogP contribution in [0.25, 0.3) is 0 Å². The van der Waals surface area contributed by atoms with E-state index in [9.17, 15) is 0 Å². The smallest absolute Gasteiger partial charge is 0.0848 e. The summed E-state index contributed by atoms with van der Waals surface area (Å²) in [6.45, 7) is 13.7. The molecule has 0 saturated carbocycles. The van der Waals surface area contributed by atoms with Crippen molar-refractivity contribution in [2.24, 2.45) is 9.98 Å². The summed E-state index contributed by atoms with van der Waals surface area (Å²) in [5, 5.41) is 0. The fraction of sp³-hybridized carbons (Fsp3) is 0.644. The normalized spacial score (nSPS) is 12.5. The first-order valence-corrected chi connectivity index (χ1v) is 20.2. The lowest BCUT2D eigenvalue weighted by Gasteiger charge is -2.12. The second-order valence-corrected chi connectivity index (χ2v) is 13.8. The van der Waals surface area contributed by atoms with E-state index in [-0.39, 0.29) is 0 Å². The maximum atomic E-state index is 5.36. The fourth-order valence-corrected chi connectivity index (χ4v) is 6.59. The van der Waals surface area contributed by atoms with E-state index in [2.05, 4.69) is 90.1 Å². The molecule has 0 bridgehead atoms. The van der Waals surface area contributed by atoms with Crippen LogP contribution in [-0.4, -0.2) is 11.4 Å². The van der Waals surface area contributed by atoms with Crippen LogP contribution in [0.1, 0.15) is 186 Å². The first kappa shape index (κ1) is 40.7. The Morgan fingerprint density at radius 2 is 0.915 bits per heavy atom. The second-order valence-electron chi connectivity index (χ2n) is 13.8. The Morgan fingerprint density at radius 1 is 0.468 bits per heavy atom. The van der Waals surface area contributed by atoms with Gasteiger partial charge in [-0.05, 0) is 104 Å². The van der Waals surface area contributed by atoms with Crippen LogP contribution in [-0.2, 0) is 25.7 Å². The van der Waals surface area contributed by atoms with Crippen molar-refractivity contribution in [3.05, 3.63) is 70.8 Å². The quantitative estimate of drug-likeness (QED) is 0.0685. The Morgan fingerprint density at radius 3 is 1.40 bits per heavy atom. The lowest BCUT2D eigenvalue weighted by molar-refractivity contribution is 0.550. The fourth-order valence-electron chi connectivity index (χ4n) is 6.59. The number of unbranched alkanes of at least 4 members (excludes halogenated alkanes) is 12. The molecule has 0 aliphatic heterocycles. The SMILES string of the molecule is CCCCCCCCCCCCC/C=C/C(=Nc1ccc(CCC)c(CCC)c1)C(CCCC)=Nc1ccc(CCC)c(CCC)c1. The highest BCUT2D eigenvalue weighted by atomic mass is 14.8. The van der Waals surface area contributed by atoms with E-state index in [1.165, 1.54) is 106 Å². The molecule has 2 aromatic carbocycles. The lowest BCUT2D eigenvalue weighted by atomic mass is 9.98. The van der Waals surface area contributed by atoms with Crippen molar-refractivity contribution in [2.75, 3.05) is 0 Å². The molecule has 0 saturated heterocycles. The predicted molar refractivity (Wildman–Crippen MR) is 213 cm³/mol. The van der Waals surface area contributed by atoms with Crippen LogP contribution >= 0.6 is 0 Å². The highest BCUT2D eigenvalue weighted by molar-refractivity contribution is 6.47. The molecule has 262 valence electrons. The molecule has 0 amide bonds. The average molecular weight is 641 g/mol. The molecule has 0 aliphatic carbocycles. The highest BCUT2D eigenvalue weighted by Crippen LogP contribution is 2.25. The van der Waals surface area contributed by atoms with E-state index in [0.717, 1.165) is 87.0 Å². The van der Waals surface area contributed by atoms with Crippen molar-refractivity contribution in [3.63, 3.8) is 0 Å². The van der Waals surface area contributed by atoms with Gasteiger partial charge >= 0.3 is 0 Å². The third-order valence-corrected chi connectivity index (χ3v) is 9.28. The summed E-state index contributed by atoms with van der Waals surface area (Å²) in [6.07, 6.45) is 33.4. The second kappa shape index (κ2) is 26.5. The van der Waals surface area contributed by atoms with Gasteiger partial charge in [-0.15, -0.1) is 0 Å². The number of aliphatic imine (C=N–C) groups is 2. The summed E-state index contributed by atoms with van der Waals surface area (Å²) in [7, 11) is 0. The maximum Gasteiger partial charge on any atom is 0.0848 e. The molecule has 0 aliphatic rings. The molecule has 0 heterocycles. The topological polar surface area (TPSA) is 24.7 Å². The highest BCUT2D eigenvalue weighted by Gasteiger charge is 2.11. The molecule has 0 fully saturated rings. The minimum absolute atomic E-state index is 0.952. The van der Waals surface area contributed by atoms with E-state index >= 15 is 0 Å². The Balaban J connectivity index is 2.29. The molecule has 2 nitrogen and oxygen atoms in total. The lowest BCUT2D eigenvalue weighted by Crippen LogP contribution is -2.12. The molecule has 0 N–H and O–H groups in total. The Labute approximate surface area is 292 Å². The summed E-state index contributed by atoms with van der Waals surface area (Å²) in [5.74, 6) is 0. The monoisotopic (exact) mass is 641 g/mol. The van der Waals surface area contributed by atoms with Crippen LogP contribution in [0.4, 0.5) is 11.4 Å². The molecule has 0 spiro atoms. The average Bonchev–Trinajstić information content (AvgIpc) is 3.07. The van der Waals surface area contributed by atoms with Gasteiger partial charge in [0.1, 0.15) is 0 Å². The van der Waals surface area contributed by atoms with Crippen molar-refractivity contribution < 1.29 is 0 Å². The van der Waals surface area contributed by atoms with Crippen LogP contribution in [0.5, 0.6) is 0 Å². The number of nitrogens with zero attached hydrogens (tertiary/aromatic N) is 2. The largest absolute Gasteiger partial charge is 0.251 e. The first-order valence-electron chi connectivity index (χ1n) is 20.2. The molecule has 47 heavy (non-hydrogen) atoms. The molecule has 0 aromatic heterocycles. The predicted octanol–water partition coefficient (Wildman–Crippen LogP) is 14.8. The van der Waals surface area contributed by atoms with E-state index in [4.69, 9.17) is 9.98 Å². The van der Waals surface area contributed by atoms with Crippen LogP contribution in [0.3, 0.4) is 0 Å². The summed E-state index contributed by atoms with van der Waals surface area (Å²) in [4.78, 5) is 10.7. The minimum atomic E-state index is 0.952. The Bertz CT molecular complexity index is 1180. The number of hydrogen-bond acceptors (Lipinski definition) is 2. The van der Waals surface area contributed by atoms with Gasteiger partial charge in [0.25, 0.3) is 0 Å². The number of aryl methyl sites for hydroxylation is 4. The van der Waals surface area contributed by atoms with Crippen LogP contribution in [0.15, 0.2) is 58.5 Å². The van der Waals surface area contributed by atoms with Crippen molar-refractivity contribution in [3.8, 4) is 0 Å². The molecular formula is C45H72N2. The van der Waals surface area contributed by atoms with Gasteiger partial charge in [0.15, 0.2) is 0 Å². The van der Waals surface area contributed by atoms with E-state index in [0.29, 0.717) is 0 Å². The van der Waals surface area contributed by atoms with Gasteiger partial charge in [-0.1, -0.05) is 156 Å². The zero-order valence-corrected chi connectivity index (χ0v) is 31.8. The van der Waals surface area contributed by atoms with Crippen LogP contribution < -0.4 is 0 Å². The standard InChI is InChI=1S/C45H72N2/c1-7-13-15-16-17-18-19-20-21-22-23-24-25-31-45(47-43-35-33-39(27-10-4)41(37-43)29-12-6)44(30-14-8-2)46-42-34-32-38(26-9-3)40(36-42)28-11-5/h25,31-37H,7-24,26-30H2,1-6H3/b31-25+,46-44?,47-45?. The van der Waals surface area contributed by atoms with Crippen LogP contribution in [0.2, 0.25) is 0 Å². The summed E-state index contributed by atoms with van der Waals surface area (Å²) in [5.41, 5.74) is 10.2. The van der Waals surface area contributed by atoms with Gasteiger partial charge in [0.05, 0.1) is 22.8 Å². The molecule has 0 radical (unpaired) electrons. The first-order chi connectivity index (χ1) is 23.1. The van der Waals surface area contributed by atoms with Crippen molar-refractivity contribution in [1.29, 1.82) is 0 Å². The van der Waals surface area contributed by atoms with Gasteiger partial charge in [0, 0.05) is 0 Å². The number of allylic oxidation sites excluding steroid dienone is 2. The van der Waals surface area contributed by atoms with Crippen molar-refractivity contribution in [1.82, 2.24) is 0 Å². The minimum Gasteiger partial charge on any atom is -0.251 e. The summed E-state index contributed by atoms with van der Waals surface area (Å²) < 4.78 is 0. The zero-order chi connectivity index (χ0) is 34.0. The van der Waals surface area contributed by atoms with E-state index in [1.807, 2.05) is 0 Å². The third kappa shape index (κ3) is 17.0. The Kier molecular flexibility index (Phi) is 22.9. The van der Waals surface area contributed by atoms with Gasteiger partial charge in [-0.25, -0.2) is 4.99 Å². The molecule has 2 heteroatoms. The number of hydrogen-bond donors (Lipinski definition) is 0. The maximum absolute atomic E-state index is 5.36. The zero-order valence-electron chi connectivity index (χ0n) is 31.8. The molecule has 2 aromatic rings. The van der Waals surface area contributed by atoms with E-state index < -0.39 is 0 Å². The molecule has 0 unspecified atom stereocenters. The van der Waals surface area contributed by atoms with Crippen LogP contribution in [0, 0.1) is 0 Å². The molecule has 2 rings (SSSR count). The number of benzene rings is 2. The molecule has 0 atom stereocenters. The Hall–Kier alpha value is -2.48. The van der Waals surface area contributed by atoms with Crippen molar-refractivity contribution in [2.45, 2.75) is 189 Å². The van der Waals surface area contributed by atoms with E-state index in [1.54, 1.807) is 0 Å². The van der Waals surface area contributed by atoms with Gasteiger partial charge in [-0.2, -0.15) is 0 Å². The van der Waals surface area contributed by atoms with Gasteiger partial charge in [0.2, 0.25) is 0 Å². The molecular weight excluding hydrogens is 569 g/mol.